The lowest BCUT2D eigenvalue weighted by Crippen LogP contribution is -2.31. The van der Waals surface area contributed by atoms with Gasteiger partial charge in [0.05, 0.1) is 23.0 Å². The molecule has 1 atom stereocenters. The lowest BCUT2D eigenvalue weighted by molar-refractivity contribution is 0.0928. The molecule has 1 aliphatic carbocycles. The van der Waals surface area contributed by atoms with Gasteiger partial charge >= 0.3 is 0 Å². The molecule has 4 nitrogen and oxygen atoms in total. The molecule has 1 aliphatic rings. The van der Waals surface area contributed by atoms with Crippen molar-refractivity contribution in [1.29, 1.82) is 0 Å². The molecule has 192 valence electrons. The number of allylic oxidation sites excluding steroid dienone is 5. The Balaban J connectivity index is 1.77. The lowest BCUT2D eigenvalue weighted by Gasteiger charge is -2.27. The van der Waals surface area contributed by atoms with Crippen molar-refractivity contribution in [2.45, 2.75) is 64.8 Å². The molecule has 1 fully saturated rings. The summed E-state index contributed by atoms with van der Waals surface area (Å²) >= 11 is 0. The molecule has 3 aromatic rings. The molecule has 4 rings (SSSR count). The van der Waals surface area contributed by atoms with Crippen LogP contribution in [0.5, 0.6) is 0 Å². The summed E-state index contributed by atoms with van der Waals surface area (Å²) < 4.78 is 1.90. The molecule has 0 saturated heterocycles. The van der Waals surface area contributed by atoms with Crippen molar-refractivity contribution in [2.24, 2.45) is 5.92 Å². The number of amides is 1. The monoisotopic (exact) mass is 493 g/mol. The van der Waals surface area contributed by atoms with E-state index < -0.39 is 0 Å². The number of nitrogens with one attached hydrogen (secondary N) is 1. The average Bonchev–Trinajstić information content (AvgIpc) is 3.34. The van der Waals surface area contributed by atoms with Crippen molar-refractivity contribution in [1.82, 2.24) is 15.1 Å². The third kappa shape index (κ3) is 6.37. The smallest absolute Gasteiger partial charge is 0.255 e. The highest BCUT2D eigenvalue weighted by molar-refractivity contribution is 6.01. The van der Waals surface area contributed by atoms with Crippen LogP contribution in [0.2, 0.25) is 0 Å². The van der Waals surface area contributed by atoms with E-state index in [1.54, 1.807) is 6.08 Å². The van der Waals surface area contributed by atoms with Crippen molar-refractivity contribution >= 4 is 11.6 Å². The molecule has 1 N–H and O–H groups in total. The predicted octanol–water partition coefficient (Wildman–Crippen LogP) is 8.16. The molecule has 1 aromatic heterocycles. The number of rotatable bonds is 10. The number of carbonyl (C=O) groups excluding carboxylic acids is 1. The molecule has 1 saturated carbocycles. The number of carbonyl (C=O) groups is 1. The van der Waals surface area contributed by atoms with Gasteiger partial charge in [-0.1, -0.05) is 118 Å². The average molecular weight is 494 g/mol. The molecule has 2 aromatic carbocycles. The van der Waals surface area contributed by atoms with Gasteiger partial charge in [0.15, 0.2) is 0 Å². The topological polar surface area (TPSA) is 46.9 Å². The second-order valence-corrected chi connectivity index (χ2v) is 9.81. The summed E-state index contributed by atoms with van der Waals surface area (Å²) in [6.07, 6.45) is 15.7. The molecule has 0 radical (unpaired) electrons. The van der Waals surface area contributed by atoms with Gasteiger partial charge in [0.2, 0.25) is 0 Å². The van der Waals surface area contributed by atoms with Gasteiger partial charge in [0, 0.05) is 5.56 Å². The van der Waals surface area contributed by atoms with Gasteiger partial charge in [0.25, 0.3) is 5.91 Å². The Bertz CT molecular complexity index is 1230. The zero-order chi connectivity index (χ0) is 26.0. The Morgan fingerprint density at radius 1 is 1.08 bits per heavy atom. The maximum absolute atomic E-state index is 14.2. The minimum atomic E-state index is -0.0648. The van der Waals surface area contributed by atoms with Crippen LogP contribution in [0, 0.1) is 5.92 Å². The molecule has 4 heteroatoms. The quantitative estimate of drug-likeness (QED) is 0.290. The fraction of sp³-hybridized carbons (Fsp3) is 0.333. The van der Waals surface area contributed by atoms with E-state index >= 15 is 0 Å². The molecular weight excluding hydrogens is 454 g/mol. The minimum Gasteiger partial charge on any atom is -0.345 e. The van der Waals surface area contributed by atoms with Gasteiger partial charge in [-0.3, -0.25) is 4.79 Å². The Hall–Kier alpha value is -3.66. The number of nitrogens with zero attached hydrogens (tertiary/aromatic N) is 2. The van der Waals surface area contributed by atoms with Crippen LogP contribution < -0.4 is 5.32 Å². The summed E-state index contributed by atoms with van der Waals surface area (Å²) in [5.74, 6) is 0.572. The second kappa shape index (κ2) is 13.0. The van der Waals surface area contributed by atoms with E-state index in [2.05, 4.69) is 43.1 Å². The minimum absolute atomic E-state index is 0.0350. The molecule has 0 spiro atoms. The summed E-state index contributed by atoms with van der Waals surface area (Å²) in [6, 6.07) is 20.4. The van der Waals surface area contributed by atoms with E-state index in [4.69, 9.17) is 5.10 Å². The number of aromatic nitrogens is 2. The molecule has 0 bridgehead atoms. The normalized spacial score (nSPS) is 15.6. The Labute approximate surface area is 221 Å². The zero-order valence-corrected chi connectivity index (χ0v) is 22.2. The summed E-state index contributed by atoms with van der Waals surface area (Å²) in [4.78, 5) is 14.2. The van der Waals surface area contributed by atoms with E-state index in [1.807, 2.05) is 66.2 Å². The second-order valence-electron chi connectivity index (χ2n) is 9.81. The van der Waals surface area contributed by atoms with Crippen molar-refractivity contribution in [3.8, 4) is 11.3 Å². The fourth-order valence-corrected chi connectivity index (χ4v) is 5.47. The van der Waals surface area contributed by atoms with Gasteiger partial charge in [-0.2, -0.15) is 5.10 Å². The van der Waals surface area contributed by atoms with Gasteiger partial charge in [-0.15, -0.1) is 0 Å². The van der Waals surface area contributed by atoms with Crippen molar-refractivity contribution in [3.63, 3.8) is 0 Å². The maximum Gasteiger partial charge on any atom is 0.255 e. The summed E-state index contributed by atoms with van der Waals surface area (Å²) in [6.45, 7) is 7.94. The number of hydrogen-bond acceptors (Lipinski definition) is 2. The molecule has 0 aliphatic heterocycles. The fourth-order valence-electron chi connectivity index (χ4n) is 5.47. The van der Waals surface area contributed by atoms with E-state index in [0.29, 0.717) is 23.6 Å². The third-order valence-electron chi connectivity index (χ3n) is 7.26. The largest absolute Gasteiger partial charge is 0.345 e. The first kappa shape index (κ1) is 26.4. The lowest BCUT2D eigenvalue weighted by atomic mass is 9.83. The molecule has 37 heavy (non-hydrogen) atoms. The zero-order valence-electron chi connectivity index (χ0n) is 22.2. The molecule has 1 heterocycles. The van der Waals surface area contributed by atoms with Crippen LogP contribution in [0.4, 0.5) is 0 Å². The van der Waals surface area contributed by atoms with E-state index in [1.165, 1.54) is 32.1 Å². The Kier molecular flexibility index (Phi) is 9.31. The highest BCUT2D eigenvalue weighted by Crippen LogP contribution is 2.33. The van der Waals surface area contributed by atoms with E-state index in [0.717, 1.165) is 28.9 Å². The van der Waals surface area contributed by atoms with Gasteiger partial charge < -0.3 is 5.32 Å². The van der Waals surface area contributed by atoms with Crippen molar-refractivity contribution in [3.05, 3.63) is 108 Å². The van der Waals surface area contributed by atoms with Crippen LogP contribution >= 0.6 is 0 Å². The van der Waals surface area contributed by atoms with Gasteiger partial charge in [0.1, 0.15) is 5.69 Å². The molecule has 1 unspecified atom stereocenters. The molecule has 1 amide bonds. The predicted molar refractivity (Wildman–Crippen MR) is 154 cm³/mol. The Morgan fingerprint density at radius 2 is 1.76 bits per heavy atom. The van der Waals surface area contributed by atoms with Crippen LogP contribution in [0.15, 0.2) is 91.5 Å². The Morgan fingerprint density at radius 3 is 2.38 bits per heavy atom. The van der Waals surface area contributed by atoms with Crippen LogP contribution in [0.25, 0.3) is 17.0 Å². The third-order valence-corrected chi connectivity index (χ3v) is 7.26. The van der Waals surface area contributed by atoms with Crippen LogP contribution in [0.3, 0.4) is 0 Å². The summed E-state index contributed by atoms with van der Waals surface area (Å²) in [5.41, 5.74) is 5.23. The first-order valence-corrected chi connectivity index (χ1v) is 13.6. The standard InChI is InChI=1S/C33H39N3O/c1-4-16-28(17-5-2)36-30(6-3)31(32(35-36)27-22-14-9-15-23-27)33(37)34-29(26-20-12-8-13-21-26)24-25-18-10-7-11-19-25/h4-5,8-9,12-17,20-23,25,29H,1,6-7,10-11,18-19,24H2,2-3H3,(H,34,37)/b17-5-,28-16+. The summed E-state index contributed by atoms with van der Waals surface area (Å²) in [7, 11) is 0. The van der Waals surface area contributed by atoms with Crippen LogP contribution in [-0.4, -0.2) is 15.7 Å². The highest BCUT2D eigenvalue weighted by atomic mass is 16.1. The SMILES string of the molecule is C=C/C=C(\C=C/C)n1nc(-c2ccccc2)c(C(=O)NC(CC2CCCCC2)c2ccccc2)c1CC. The van der Waals surface area contributed by atoms with Gasteiger partial charge in [-0.05, 0) is 43.4 Å². The van der Waals surface area contributed by atoms with Gasteiger partial charge in [-0.25, -0.2) is 4.68 Å². The first-order chi connectivity index (χ1) is 18.2. The first-order valence-electron chi connectivity index (χ1n) is 13.6. The number of hydrogen-bond donors (Lipinski definition) is 1. The van der Waals surface area contributed by atoms with Crippen molar-refractivity contribution < 1.29 is 4.79 Å². The summed E-state index contributed by atoms with van der Waals surface area (Å²) in [5, 5.41) is 8.44. The van der Waals surface area contributed by atoms with Crippen molar-refractivity contribution in [2.75, 3.05) is 0 Å². The van der Waals surface area contributed by atoms with E-state index in [-0.39, 0.29) is 11.9 Å². The highest BCUT2D eigenvalue weighted by Gasteiger charge is 2.28. The number of benzene rings is 2. The van der Waals surface area contributed by atoms with Crippen LogP contribution in [-0.2, 0) is 6.42 Å². The van der Waals surface area contributed by atoms with Crippen LogP contribution in [0.1, 0.15) is 80.0 Å². The maximum atomic E-state index is 14.2. The molecular formula is C33H39N3O. The van der Waals surface area contributed by atoms with E-state index in [9.17, 15) is 4.79 Å².